The van der Waals surface area contributed by atoms with Gasteiger partial charge in [-0.25, -0.2) is 4.98 Å². The molecule has 1 atom stereocenters. The summed E-state index contributed by atoms with van der Waals surface area (Å²) in [6.45, 7) is 13.1. The molecule has 0 radical (unpaired) electrons. The van der Waals surface area contributed by atoms with Gasteiger partial charge in [0.2, 0.25) is 5.91 Å². The lowest BCUT2D eigenvalue weighted by molar-refractivity contribution is -0.132. The summed E-state index contributed by atoms with van der Waals surface area (Å²) in [7, 11) is 0. The average molecular weight is 489 g/mol. The maximum Gasteiger partial charge on any atom is 0.273 e. The van der Waals surface area contributed by atoms with E-state index < -0.39 is 5.54 Å². The third-order valence-corrected chi connectivity index (χ3v) is 7.15. The zero-order valence-electron chi connectivity index (χ0n) is 22.1. The number of carbonyl (C=O) groups excluding carboxylic acids is 3. The van der Waals surface area contributed by atoms with Crippen molar-refractivity contribution < 1.29 is 14.4 Å². The van der Waals surface area contributed by atoms with Gasteiger partial charge in [0.25, 0.3) is 11.8 Å². The summed E-state index contributed by atoms with van der Waals surface area (Å²) in [5.74, 6) is -0.330. The van der Waals surface area contributed by atoms with Gasteiger partial charge in [0.05, 0.1) is 12.9 Å². The Hall–Kier alpha value is -2.42. The van der Waals surface area contributed by atoms with Crippen LogP contribution in [0.25, 0.3) is 0 Å². The Kier molecular flexibility index (Phi) is 9.71. The lowest BCUT2D eigenvalue weighted by Gasteiger charge is -2.43. The van der Waals surface area contributed by atoms with Gasteiger partial charge in [-0.1, -0.05) is 33.6 Å². The normalized spacial score (nSPS) is 21.1. The molecule has 1 aromatic rings. The lowest BCUT2D eigenvalue weighted by atomic mass is 9.93. The van der Waals surface area contributed by atoms with Crippen molar-refractivity contribution in [3.63, 3.8) is 0 Å². The predicted molar refractivity (Wildman–Crippen MR) is 136 cm³/mol. The van der Waals surface area contributed by atoms with E-state index in [1.807, 2.05) is 6.92 Å². The SMILES string of the molecule is CCCN1C(=O)c2c(C(=O)NCCCN3CCCCCC3)ncn2CC1(C)C(=O)NCCC(C)C. The minimum atomic E-state index is -1.03. The van der Waals surface area contributed by atoms with Crippen molar-refractivity contribution in [2.75, 3.05) is 39.3 Å². The second kappa shape index (κ2) is 12.5. The molecule has 35 heavy (non-hydrogen) atoms. The van der Waals surface area contributed by atoms with E-state index in [9.17, 15) is 14.4 Å². The standard InChI is InChI=1S/C26H44N6O3/c1-5-14-32-24(34)22-21(23(33)27-12-10-17-30-15-8-6-7-9-16-30)29-19-31(22)18-26(32,4)25(35)28-13-11-20(2)3/h19-20H,5-18H2,1-4H3,(H,27,33)(H,28,35). The zero-order chi connectivity index (χ0) is 25.4. The number of carbonyl (C=O) groups is 3. The van der Waals surface area contributed by atoms with Crippen molar-refractivity contribution in [2.24, 2.45) is 5.92 Å². The molecule has 0 saturated carbocycles. The molecule has 0 bridgehead atoms. The number of imidazole rings is 1. The van der Waals surface area contributed by atoms with E-state index in [2.05, 4.69) is 34.4 Å². The van der Waals surface area contributed by atoms with E-state index in [1.165, 1.54) is 32.0 Å². The van der Waals surface area contributed by atoms with E-state index in [0.717, 1.165) is 32.5 Å². The van der Waals surface area contributed by atoms with Gasteiger partial charge in [-0.3, -0.25) is 14.4 Å². The van der Waals surface area contributed by atoms with Crippen LogP contribution in [0.3, 0.4) is 0 Å². The molecular weight excluding hydrogens is 444 g/mol. The van der Waals surface area contributed by atoms with Gasteiger partial charge < -0.3 is 25.0 Å². The van der Waals surface area contributed by atoms with Crippen molar-refractivity contribution in [2.45, 2.75) is 84.7 Å². The lowest BCUT2D eigenvalue weighted by Crippen LogP contribution is -2.64. The summed E-state index contributed by atoms with van der Waals surface area (Å²) in [5.41, 5.74) is -0.609. The molecule has 0 spiro atoms. The van der Waals surface area contributed by atoms with Crippen molar-refractivity contribution in [1.29, 1.82) is 0 Å². The molecule has 0 aromatic carbocycles. The summed E-state index contributed by atoms with van der Waals surface area (Å²) in [5, 5.41) is 5.96. The van der Waals surface area contributed by atoms with Crippen LogP contribution in [0.4, 0.5) is 0 Å². The summed E-state index contributed by atoms with van der Waals surface area (Å²) in [6.07, 6.45) is 9.08. The molecule has 0 aliphatic carbocycles. The second-order valence-corrected chi connectivity index (χ2v) is 10.6. The van der Waals surface area contributed by atoms with Crippen molar-refractivity contribution >= 4 is 17.7 Å². The summed E-state index contributed by atoms with van der Waals surface area (Å²) in [4.78, 5) is 48.1. The fraction of sp³-hybridized carbons (Fsp3) is 0.769. The first-order valence-electron chi connectivity index (χ1n) is 13.4. The smallest absolute Gasteiger partial charge is 0.273 e. The Bertz CT molecular complexity index is 874. The number of amides is 3. The molecule has 3 heterocycles. The minimum absolute atomic E-state index is 0.146. The predicted octanol–water partition coefficient (Wildman–Crippen LogP) is 2.67. The number of nitrogens with one attached hydrogen (secondary N) is 2. The Labute approximate surface area is 210 Å². The highest BCUT2D eigenvalue weighted by Gasteiger charge is 2.48. The van der Waals surface area contributed by atoms with Gasteiger partial charge in [0, 0.05) is 19.6 Å². The molecule has 9 nitrogen and oxygen atoms in total. The molecule has 1 fully saturated rings. The first-order chi connectivity index (χ1) is 16.8. The Balaban J connectivity index is 1.65. The number of hydrogen-bond donors (Lipinski definition) is 2. The van der Waals surface area contributed by atoms with E-state index in [4.69, 9.17) is 0 Å². The Morgan fingerprint density at radius 1 is 1.09 bits per heavy atom. The number of likely N-dealkylation sites (tertiary alicyclic amines) is 1. The first kappa shape index (κ1) is 27.2. The van der Waals surface area contributed by atoms with Crippen LogP contribution < -0.4 is 10.6 Å². The van der Waals surface area contributed by atoms with Crippen LogP contribution in [0.1, 0.15) is 93.6 Å². The highest BCUT2D eigenvalue weighted by atomic mass is 16.2. The summed E-state index contributed by atoms with van der Waals surface area (Å²) in [6, 6.07) is 0. The van der Waals surface area contributed by atoms with Crippen molar-refractivity contribution in [3.8, 4) is 0 Å². The molecule has 1 saturated heterocycles. The van der Waals surface area contributed by atoms with Crippen LogP contribution in [-0.2, 0) is 11.3 Å². The second-order valence-electron chi connectivity index (χ2n) is 10.6. The Morgan fingerprint density at radius 3 is 2.46 bits per heavy atom. The van der Waals surface area contributed by atoms with Crippen LogP contribution in [0, 0.1) is 5.92 Å². The molecule has 2 aliphatic heterocycles. The number of rotatable bonds is 11. The molecule has 3 amide bonds. The molecule has 9 heteroatoms. The Morgan fingerprint density at radius 2 is 1.80 bits per heavy atom. The highest BCUT2D eigenvalue weighted by Crippen LogP contribution is 2.29. The molecule has 2 aliphatic rings. The molecule has 3 rings (SSSR count). The van der Waals surface area contributed by atoms with Crippen LogP contribution in [-0.4, -0.2) is 81.9 Å². The van der Waals surface area contributed by atoms with E-state index in [0.29, 0.717) is 32.0 Å². The van der Waals surface area contributed by atoms with Crippen LogP contribution in [0.15, 0.2) is 6.33 Å². The maximum atomic E-state index is 13.6. The fourth-order valence-electron chi connectivity index (χ4n) is 5.04. The van der Waals surface area contributed by atoms with Gasteiger partial charge in [-0.2, -0.15) is 0 Å². The summed E-state index contributed by atoms with van der Waals surface area (Å²) < 4.78 is 1.67. The molecule has 2 N–H and O–H groups in total. The third kappa shape index (κ3) is 6.63. The summed E-state index contributed by atoms with van der Waals surface area (Å²) >= 11 is 0. The molecular formula is C26H44N6O3. The van der Waals surface area contributed by atoms with Crippen molar-refractivity contribution in [1.82, 2.24) is 30.0 Å². The van der Waals surface area contributed by atoms with Gasteiger partial charge in [-0.15, -0.1) is 0 Å². The number of fused-ring (bicyclic) bond motifs is 1. The molecule has 1 aromatic heterocycles. The maximum absolute atomic E-state index is 13.6. The number of aromatic nitrogens is 2. The van der Waals surface area contributed by atoms with Crippen LogP contribution in [0.5, 0.6) is 0 Å². The monoisotopic (exact) mass is 488 g/mol. The first-order valence-corrected chi connectivity index (χ1v) is 13.4. The van der Waals surface area contributed by atoms with E-state index in [-0.39, 0.29) is 35.7 Å². The highest BCUT2D eigenvalue weighted by molar-refractivity contribution is 6.07. The zero-order valence-corrected chi connectivity index (χ0v) is 22.1. The quantitative estimate of drug-likeness (QED) is 0.467. The van der Waals surface area contributed by atoms with Crippen LogP contribution >= 0.6 is 0 Å². The average Bonchev–Trinajstić information content (AvgIpc) is 3.06. The topological polar surface area (TPSA) is 99.6 Å². The van der Waals surface area contributed by atoms with Gasteiger partial charge in [0.1, 0.15) is 11.2 Å². The van der Waals surface area contributed by atoms with E-state index in [1.54, 1.807) is 16.4 Å². The van der Waals surface area contributed by atoms with Gasteiger partial charge in [0.15, 0.2) is 5.69 Å². The fourth-order valence-corrected chi connectivity index (χ4v) is 5.04. The minimum Gasteiger partial charge on any atom is -0.354 e. The largest absolute Gasteiger partial charge is 0.354 e. The van der Waals surface area contributed by atoms with Crippen LogP contribution in [0.2, 0.25) is 0 Å². The third-order valence-electron chi connectivity index (χ3n) is 7.15. The molecule has 196 valence electrons. The van der Waals surface area contributed by atoms with Crippen molar-refractivity contribution in [3.05, 3.63) is 17.7 Å². The molecule has 1 unspecified atom stereocenters. The van der Waals surface area contributed by atoms with Gasteiger partial charge in [-0.05, 0) is 64.6 Å². The van der Waals surface area contributed by atoms with E-state index >= 15 is 0 Å². The van der Waals surface area contributed by atoms with Gasteiger partial charge >= 0.3 is 0 Å². The number of nitrogens with zero attached hydrogens (tertiary/aromatic N) is 4. The number of hydrogen-bond acceptors (Lipinski definition) is 5.